The summed E-state index contributed by atoms with van der Waals surface area (Å²) in [5, 5.41) is 51.8. The number of rotatable bonds is 9. The van der Waals surface area contributed by atoms with Crippen LogP contribution in [0.15, 0.2) is 0 Å². The van der Waals surface area contributed by atoms with E-state index in [4.69, 9.17) is 0 Å². The molecule has 0 radical (unpaired) electrons. The predicted molar refractivity (Wildman–Crippen MR) is 79.8 cm³/mol. The smallest absolute Gasteiger partial charge is 0.108 e. The Balaban J connectivity index is 2.35. The maximum absolute atomic E-state index is 10.1. The highest BCUT2D eigenvalue weighted by Crippen LogP contribution is 2.26. The molecule has 1 aliphatic carbocycles. The fraction of sp³-hybridized carbons (Fsp3) is 1.00. The largest absolute Gasteiger partial charge is 0.396 e. The van der Waals surface area contributed by atoms with E-state index in [1.54, 1.807) is 0 Å². The third-order valence-corrected chi connectivity index (χ3v) is 4.43. The lowest BCUT2D eigenvalue weighted by atomic mass is 9.77. The Kier molecular flexibility index (Phi) is 8.70. The fourth-order valence-corrected chi connectivity index (χ4v) is 2.97. The molecule has 0 aromatic carbocycles. The maximum atomic E-state index is 10.1. The Morgan fingerprint density at radius 2 is 1.38 bits per heavy atom. The molecular formula is C15H31NO5. The van der Waals surface area contributed by atoms with E-state index < -0.39 is 43.0 Å². The molecule has 0 unspecified atom stereocenters. The summed E-state index contributed by atoms with van der Waals surface area (Å²) in [7, 11) is 0. The van der Waals surface area contributed by atoms with Gasteiger partial charge in [0.25, 0.3) is 0 Å². The minimum Gasteiger partial charge on any atom is -0.396 e. The highest BCUT2D eigenvalue weighted by Gasteiger charge is 2.48. The molecule has 1 saturated carbocycles. The van der Waals surface area contributed by atoms with Crippen molar-refractivity contribution >= 4 is 0 Å². The van der Waals surface area contributed by atoms with Crippen LogP contribution >= 0.6 is 0 Å². The molecule has 0 saturated heterocycles. The van der Waals surface area contributed by atoms with Crippen LogP contribution in [0.25, 0.3) is 0 Å². The number of aliphatic hydroxyl groups is 5. The van der Waals surface area contributed by atoms with Crippen LogP contribution in [0.1, 0.15) is 45.4 Å². The van der Waals surface area contributed by atoms with Gasteiger partial charge in [-0.15, -0.1) is 0 Å². The Bertz CT molecular complexity index is 279. The number of hydrogen-bond donors (Lipinski definition) is 6. The molecule has 0 amide bonds. The van der Waals surface area contributed by atoms with Crippen molar-refractivity contribution < 1.29 is 25.5 Å². The standard InChI is InChI=1S/C15H31NO5/c1-2-3-4-5-6-7-8-16-11-12(18)10(9-17)13(19)15(21)14(11)20/h10-21H,2-9H2,1H3/t10-,11-,12+,13+,14-,15-/m0/s1. The van der Waals surface area contributed by atoms with E-state index in [1.165, 1.54) is 25.7 Å². The lowest BCUT2D eigenvalue weighted by Gasteiger charge is -2.43. The molecule has 1 fully saturated rings. The molecule has 0 heterocycles. The van der Waals surface area contributed by atoms with E-state index in [9.17, 15) is 25.5 Å². The summed E-state index contributed by atoms with van der Waals surface area (Å²) in [5.74, 6) is -0.842. The van der Waals surface area contributed by atoms with Crippen molar-refractivity contribution in [3.63, 3.8) is 0 Å². The van der Waals surface area contributed by atoms with Gasteiger partial charge in [0.15, 0.2) is 0 Å². The second-order valence-corrected chi connectivity index (χ2v) is 6.06. The number of nitrogens with one attached hydrogen (secondary N) is 1. The molecular weight excluding hydrogens is 274 g/mol. The van der Waals surface area contributed by atoms with Gasteiger partial charge in [-0.1, -0.05) is 39.0 Å². The van der Waals surface area contributed by atoms with Crippen molar-refractivity contribution in [2.24, 2.45) is 5.92 Å². The molecule has 6 heteroatoms. The molecule has 1 rings (SSSR count). The Hall–Kier alpha value is -0.240. The van der Waals surface area contributed by atoms with Crippen molar-refractivity contribution in [2.45, 2.75) is 75.9 Å². The quantitative estimate of drug-likeness (QED) is 0.316. The summed E-state index contributed by atoms with van der Waals surface area (Å²) in [5.41, 5.74) is 0. The molecule has 6 atom stereocenters. The molecule has 6 N–H and O–H groups in total. The van der Waals surface area contributed by atoms with Crippen molar-refractivity contribution in [1.82, 2.24) is 5.32 Å². The normalized spacial score (nSPS) is 36.9. The van der Waals surface area contributed by atoms with Gasteiger partial charge in [-0.3, -0.25) is 0 Å². The maximum Gasteiger partial charge on any atom is 0.108 e. The first kappa shape index (κ1) is 18.8. The minimum atomic E-state index is -1.35. The van der Waals surface area contributed by atoms with E-state index in [0.29, 0.717) is 6.54 Å². The first-order valence-corrected chi connectivity index (χ1v) is 8.11. The summed E-state index contributed by atoms with van der Waals surface area (Å²) >= 11 is 0. The van der Waals surface area contributed by atoms with Crippen LogP contribution in [0.3, 0.4) is 0 Å². The van der Waals surface area contributed by atoms with Gasteiger partial charge >= 0.3 is 0 Å². The van der Waals surface area contributed by atoms with Crippen LogP contribution < -0.4 is 5.32 Å². The van der Waals surface area contributed by atoms with Gasteiger partial charge in [-0.25, -0.2) is 0 Å². The number of hydrogen-bond acceptors (Lipinski definition) is 6. The van der Waals surface area contributed by atoms with Crippen molar-refractivity contribution in [3.8, 4) is 0 Å². The van der Waals surface area contributed by atoms with Crippen molar-refractivity contribution in [1.29, 1.82) is 0 Å². The fourth-order valence-electron chi connectivity index (χ4n) is 2.97. The third-order valence-electron chi connectivity index (χ3n) is 4.43. The Morgan fingerprint density at radius 1 is 0.762 bits per heavy atom. The summed E-state index contributed by atoms with van der Waals surface area (Å²) in [6, 6.07) is -0.726. The van der Waals surface area contributed by atoms with E-state index in [2.05, 4.69) is 12.2 Å². The SMILES string of the molecule is CCCCCCCCN[C@@H]1[C@H](O)[C@@H](O)[C@H](O)[C@@H](CO)[C@H]1O. The highest BCUT2D eigenvalue weighted by atomic mass is 16.4. The van der Waals surface area contributed by atoms with Gasteiger partial charge in [-0.2, -0.15) is 0 Å². The second-order valence-electron chi connectivity index (χ2n) is 6.06. The second kappa shape index (κ2) is 9.71. The predicted octanol–water partition coefficient (Wildman–Crippen LogP) is -0.629. The molecule has 21 heavy (non-hydrogen) atoms. The van der Waals surface area contributed by atoms with Gasteiger partial charge < -0.3 is 30.8 Å². The minimum absolute atomic E-state index is 0.429. The average Bonchev–Trinajstić information content (AvgIpc) is 2.48. The summed E-state index contributed by atoms with van der Waals surface area (Å²) in [6.07, 6.45) is 1.88. The van der Waals surface area contributed by atoms with E-state index >= 15 is 0 Å². The van der Waals surface area contributed by atoms with Crippen LogP contribution in [-0.4, -0.2) is 69.1 Å². The molecule has 0 aliphatic heterocycles. The zero-order valence-electron chi connectivity index (χ0n) is 12.9. The number of aliphatic hydroxyl groups excluding tert-OH is 5. The Labute approximate surface area is 126 Å². The first-order valence-electron chi connectivity index (χ1n) is 8.11. The van der Waals surface area contributed by atoms with Crippen LogP contribution in [0, 0.1) is 5.92 Å². The van der Waals surface area contributed by atoms with E-state index in [-0.39, 0.29) is 0 Å². The molecule has 0 spiro atoms. The zero-order valence-corrected chi connectivity index (χ0v) is 12.9. The molecule has 126 valence electrons. The van der Waals surface area contributed by atoms with E-state index in [0.717, 1.165) is 12.8 Å². The van der Waals surface area contributed by atoms with Crippen LogP contribution in [-0.2, 0) is 0 Å². The third kappa shape index (κ3) is 5.16. The van der Waals surface area contributed by atoms with Crippen LogP contribution in [0.5, 0.6) is 0 Å². The van der Waals surface area contributed by atoms with Crippen LogP contribution in [0.4, 0.5) is 0 Å². The molecule has 6 nitrogen and oxygen atoms in total. The molecule has 1 aliphatic rings. The Morgan fingerprint density at radius 3 is 2.00 bits per heavy atom. The summed E-state index contributed by atoms with van der Waals surface area (Å²) in [6.45, 7) is 2.37. The summed E-state index contributed by atoms with van der Waals surface area (Å²) < 4.78 is 0. The van der Waals surface area contributed by atoms with Gasteiger partial charge in [0.2, 0.25) is 0 Å². The lowest BCUT2D eigenvalue weighted by molar-refractivity contribution is -0.173. The number of unbranched alkanes of at least 4 members (excludes halogenated alkanes) is 5. The average molecular weight is 305 g/mol. The van der Waals surface area contributed by atoms with Crippen LogP contribution in [0.2, 0.25) is 0 Å². The van der Waals surface area contributed by atoms with Crippen molar-refractivity contribution in [3.05, 3.63) is 0 Å². The lowest BCUT2D eigenvalue weighted by Crippen LogP contribution is -2.66. The molecule has 0 aromatic heterocycles. The van der Waals surface area contributed by atoms with Gasteiger partial charge in [0, 0.05) is 5.92 Å². The molecule has 0 aromatic rings. The van der Waals surface area contributed by atoms with Gasteiger partial charge in [-0.05, 0) is 13.0 Å². The first-order chi connectivity index (χ1) is 10.0. The van der Waals surface area contributed by atoms with Gasteiger partial charge in [0.1, 0.15) is 12.2 Å². The highest BCUT2D eigenvalue weighted by molar-refractivity contribution is 5.01. The topological polar surface area (TPSA) is 113 Å². The van der Waals surface area contributed by atoms with E-state index in [1.807, 2.05) is 0 Å². The van der Waals surface area contributed by atoms with Gasteiger partial charge in [0.05, 0.1) is 24.9 Å². The molecule has 0 bridgehead atoms. The zero-order chi connectivity index (χ0) is 15.8. The van der Waals surface area contributed by atoms with Crippen molar-refractivity contribution in [2.75, 3.05) is 13.2 Å². The monoisotopic (exact) mass is 305 g/mol. The summed E-state index contributed by atoms with van der Waals surface area (Å²) in [4.78, 5) is 0.